The number of nitrogens with one attached hydrogen (secondary N) is 2. The average molecular weight is 449 g/mol. The van der Waals surface area contributed by atoms with E-state index in [1.54, 1.807) is 18.2 Å². The van der Waals surface area contributed by atoms with Crippen molar-refractivity contribution in [1.29, 1.82) is 0 Å². The summed E-state index contributed by atoms with van der Waals surface area (Å²) in [5, 5.41) is 10.5. The van der Waals surface area contributed by atoms with Crippen LogP contribution in [0.25, 0.3) is 0 Å². The molecule has 2 aromatic carbocycles. The van der Waals surface area contributed by atoms with Gasteiger partial charge >= 0.3 is 0 Å². The first-order valence-corrected chi connectivity index (χ1v) is 8.79. The van der Waals surface area contributed by atoms with Crippen molar-refractivity contribution in [3.05, 3.63) is 75.4 Å². The van der Waals surface area contributed by atoms with Gasteiger partial charge in [-0.3, -0.25) is 4.68 Å². The molecule has 0 radical (unpaired) electrons. The van der Waals surface area contributed by atoms with Gasteiger partial charge in [-0.05, 0) is 30.4 Å². The fourth-order valence-electron chi connectivity index (χ4n) is 2.30. The van der Waals surface area contributed by atoms with Crippen LogP contribution < -0.4 is 10.6 Å². The van der Waals surface area contributed by atoms with E-state index in [2.05, 4.69) is 15.7 Å². The molecular weight excluding hydrogens is 439 g/mol. The van der Waals surface area contributed by atoms with E-state index in [4.69, 9.17) is 35.4 Å². The molecule has 3 rings (SSSR count). The van der Waals surface area contributed by atoms with Crippen LogP contribution >= 0.6 is 35.4 Å². The second kappa shape index (κ2) is 8.34. The second-order valence-corrected chi connectivity index (χ2v) is 6.80. The van der Waals surface area contributed by atoms with E-state index >= 15 is 0 Å². The molecule has 2 N–H and O–H groups in total. The predicted molar refractivity (Wildman–Crippen MR) is 104 cm³/mol. The van der Waals surface area contributed by atoms with Crippen molar-refractivity contribution in [1.82, 2.24) is 9.78 Å². The number of hydrogen-bond acceptors (Lipinski definition) is 2. The van der Waals surface area contributed by atoms with E-state index in [-0.39, 0.29) is 17.0 Å². The van der Waals surface area contributed by atoms with Crippen molar-refractivity contribution < 1.29 is 17.6 Å². The third-order valence-electron chi connectivity index (χ3n) is 3.58. The molecule has 1 heterocycles. The highest BCUT2D eigenvalue weighted by molar-refractivity contribution is 7.80. The van der Waals surface area contributed by atoms with Crippen molar-refractivity contribution in [3.8, 4) is 0 Å². The molecule has 28 heavy (non-hydrogen) atoms. The van der Waals surface area contributed by atoms with Gasteiger partial charge in [0.15, 0.2) is 34.2 Å². The third kappa shape index (κ3) is 4.54. The number of halogens is 6. The van der Waals surface area contributed by atoms with Gasteiger partial charge in [-0.2, -0.15) is 5.10 Å². The third-order valence-corrected chi connectivity index (χ3v) is 4.35. The van der Waals surface area contributed by atoms with Crippen molar-refractivity contribution in [3.63, 3.8) is 0 Å². The van der Waals surface area contributed by atoms with Crippen LogP contribution in [0.1, 0.15) is 5.56 Å². The van der Waals surface area contributed by atoms with Crippen LogP contribution in [0.3, 0.4) is 0 Å². The molecule has 3 aromatic rings. The second-order valence-electron chi connectivity index (χ2n) is 5.55. The Bertz CT molecular complexity index is 1030. The van der Waals surface area contributed by atoms with Crippen molar-refractivity contribution in [2.24, 2.45) is 0 Å². The Morgan fingerprint density at radius 2 is 1.68 bits per heavy atom. The highest BCUT2D eigenvalue weighted by Crippen LogP contribution is 2.25. The van der Waals surface area contributed by atoms with Crippen LogP contribution in [0.15, 0.2) is 36.5 Å². The maximum atomic E-state index is 13.8. The highest BCUT2D eigenvalue weighted by Gasteiger charge is 2.19. The summed E-state index contributed by atoms with van der Waals surface area (Å²) < 4.78 is 55.2. The van der Waals surface area contributed by atoms with Crippen LogP contribution in [-0.4, -0.2) is 14.9 Å². The highest BCUT2D eigenvalue weighted by atomic mass is 35.5. The summed E-state index contributed by atoms with van der Waals surface area (Å²) in [6, 6.07) is 6.38. The van der Waals surface area contributed by atoms with Crippen molar-refractivity contribution in [2.45, 2.75) is 6.54 Å². The molecule has 4 nitrogen and oxygen atoms in total. The number of rotatable bonds is 4. The monoisotopic (exact) mass is 448 g/mol. The number of thiocarbonyl (C=S) groups is 1. The Morgan fingerprint density at radius 1 is 1.00 bits per heavy atom. The zero-order chi connectivity index (χ0) is 20.4. The Morgan fingerprint density at radius 3 is 2.36 bits per heavy atom. The van der Waals surface area contributed by atoms with Gasteiger partial charge in [0, 0.05) is 23.4 Å². The normalized spacial score (nSPS) is 10.8. The minimum absolute atomic E-state index is 0.128. The zero-order valence-corrected chi connectivity index (χ0v) is 16.1. The van der Waals surface area contributed by atoms with Gasteiger partial charge in [0.2, 0.25) is 0 Å². The lowest BCUT2D eigenvalue weighted by molar-refractivity contribution is 0.431. The summed E-state index contributed by atoms with van der Waals surface area (Å²) in [5.74, 6) is -5.69. The van der Waals surface area contributed by atoms with E-state index in [0.717, 1.165) is 4.68 Å². The first kappa shape index (κ1) is 20.4. The lowest BCUT2D eigenvalue weighted by Gasteiger charge is -2.10. The minimum Gasteiger partial charge on any atom is -0.331 e. The molecule has 1 aromatic heterocycles. The Hall–Kier alpha value is -2.36. The molecule has 0 saturated heterocycles. The van der Waals surface area contributed by atoms with E-state index in [1.807, 2.05) is 0 Å². The maximum Gasteiger partial charge on any atom is 0.176 e. The predicted octanol–water partition coefficient (Wildman–Crippen LogP) is 5.60. The summed E-state index contributed by atoms with van der Waals surface area (Å²) >= 11 is 17.1. The summed E-state index contributed by atoms with van der Waals surface area (Å²) in [4.78, 5) is 0. The molecule has 0 bridgehead atoms. The topological polar surface area (TPSA) is 41.9 Å². The van der Waals surface area contributed by atoms with Gasteiger partial charge in [0.1, 0.15) is 0 Å². The Balaban J connectivity index is 1.71. The fourth-order valence-corrected chi connectivity index (χ4v) is 2.85. The lowest BCUT2D eigenvalue weighted by atomic mass is 10.2. The number of hydrogen-bond donors (Lipinski definition) is 2. The van der Waals surface area contributed by atoms with E-state index in [9.17, 15) is 17.6 Å². The molecule has 0 aliphatic rings. The summed E-state index contributed by atoms with van der Waals surface area (Å²) in [5.41, 5.74) is -0.316. The smallest absolute Gasteiger partial charge is 0.176 e. The zero-order valence-electron chi connectivity index (χ0n) is 13.7. The van der Waals surface area contributed by atoms with Crippen LogP contribution in [-0.2, 0) is 6.54 Å². The molecule has 0 fully saturated rings. The van der Waals surface area contributed by atoms with Crippen LogP contribution in [0.2, 0.25) is 10.0 Å². The van der Waals surface area contributed by atoms with Crippen LogP contribution in [0.5, 0.6) is 0 Å². The molecule has 0 aliphatic heterocycles. The SMILES string of the molecule is Fc1cc(F)c(F)c(Cn2ccc(NC(=S)Nc3cc(Cl)ccc3Cl)n2)c1F. The largest absolute Gasteiger partial charge is 0.331 e. The van der Waals surface area contributed by atoms with E-state index < -0.39 is 35.4 Å². The first-order chi connectivity index (χ1) is 13.2. The number of benzene rings is 2. The van der Waals surface area contributed by atoms with E-state index in [1.165, 1.54) is 12.3 Å². The molecule has 0 atom stereocenters. The minimum atomic E-state index is -1.48. The van der Waals surface area contributed by atoms with Gasteiger partial charge < -0.3 is 10.6 Å². The van der Waals surface area contributed by atoms with E-state index in [0.29, 0.717) is 15.7 Å². The van der Waals surface area contributed by atoms with Gasteiger partial charge in [-0.15, -0.1) is 0 Å². The molecule has 0 spiro atoms. The summed E-state index contributed by atoms with van der Waals surface area (Å²) in [6.45, 7) is -0.520. The summed E-state index contributed by atoms with van der Waals surface area (Å²) in [7, 11) is 0. The number of nitrogens with zero attached hydrogens (tertiary/aromatic N) is 2. The lowest BCUT2D eigenvalue weighted by Crippen LogP contribution is -2.20. The molecule has 0 aliphatic carbocycles. The quantitative estimate of drug-likeness (QED) is 0.309. The fraction of sp³-hybridized carbons (Fsp3) is 0.0588. The van der Waals surface area contributed by atoms with Gasteiger partial charge in [0.05, 0.1) is 22.8 Å². The maximum absolute atomic E-state index is 13.8. The Labute approximate surface area is 172 Å². The van der Waals surface area contributed by atoms with Crippen molar-refractivity contribution >= 4 is 52.0 Å². The Kier molecular flexibility index (Phi) is 6.07. The molecule has 0 saturated carbocycles. The molecule has 146 valence electrons. The average Bonchev–Trinajstić information content (AvgIpc) is 3.07. The van der Waals surface area contributed by atoms with Gasteiger partial charge in [-0.1, -0.05) is 23.2 Å². The van der Waals surface area contributed by atoms with Gasteiger partial charge in [0.25, 0.3) is 0 Å². The van der Waals surface area contributed by atoms with Crippen LogP contribution in [0, 0.1) is 23.3 Å². The molecule has 11 heteroatoms. The summed E-state index contributed by atoms with van der Waals surface area (Å²) in [6.07, 6.45) is 1.36. The van der Waals surface area contributed by atoms with Crippen molar-refractivity contribution in [2.75, 3.05) is 10.6 Å². The molecule has 0 amide bonds. The standard InChI is InChI=1S/C17H10Cl2F4N4S/c18-8-1-2-10(19)13(5-8)24-17(28)25-14-3-4-27(26-14)7-9-15(22)11(20)6-12(21)16(9)23/h1-6H,7H2,(H2,24,25,26,28). The molecular formula is C17H10Cl2F4N4S. The number of aromatic nitrogens is 2. The van der Waals surface area contributed by atoms with Gasteiger partial charge in [-0.25, -0.2) is 17.6 Å². The first-order valence-electron chi connectivity index (χ1n) is 7.63. The number of anilines is 2. The van der Waals surface area contributed by atoms with Crippen LogP contribution in [0.4, 0.5) is 29.1 Å². The molecule has 0 unspecified atom stereocenters.